The number of nitrogens with zero attached hydrogens (tertiary/aromatic N) is 1. The van der Waals surface area contributed by atoms with Gasteiger partial charge in [-0.15, -0.1) is 0 Å². The number of likely N-dealkylation sites (N-methyl/N-ethyl adjacent to an activating group) is 1. The van der Waals surface area contributed by atoms with Gasteiger partial charge in [0.25, 0.3) is 0 Å². The molecule has 4 N–H and O–H groups in total. The van der Waals surface area contributed by atoms with Crippen LogP contribution in [0.15, 0.2) is 0 Å². The fraction of sp³-hybridized carbons (Fsp3) is 1.00. The Balaban J connectivity index is 0. The molecule has 1 fully saturated rings. The summed E-state index contributed by atoms with van der Waals surface area (Å²) in [7, 11) is -4.67. The highest BCUT2D eigenvalue weighted by Crippen LogP contribution is 1.93. The summed E-state index contributed by atoms with van der Waals surface area (Å²) in [6, 6.07) is 0. The Bertz CT molecular complexity index is 202. The van der Waals surface area contributed by atoms with Crippen molar-refractivity contribution >= 4 is 10.4 Å². The molecular weight excluding hydrogens is 214 g/mol. The maximum Gasteiger partial charge on any atom is 0.394 e. The second-order valence-electron chi connectivity index (χ2n) is 2.49. The Morgan fingerprint density at radius 2 is 1.64 bits per heavy atom. The van der Waals surface area contributed by atoms with E-state index in [0.717, 1.165) is 26.3 Å². The molecule has 0 atom stereocenters. The zero-order valence-electron chi connectivity index (χ0n) is 8.01. The number of rotatable bonds is 1. The summed E-state index contributed by atoms with van der Waals surface area (Å²) >= 11 is 0. The zero-order valence-corrected chi connectivity index (χ0v) is 8.83. The van der Waals surface area contributed by atoms with Crippen LogP contribution in [0.5, 0.6) is 0 Å². The van der Waals surface area contributed by atoms with Crippen molar-refractivity contribution in [1.29, 1.82) is 0 Å². The number of ether oxygens (including phenoxy) is 1. The van der Waals surface area contributed by atoms with Crippen molar-refractivity contribution in [2.75, 3.05) is 32.8 Å². The highest BCUT2D eigenvalue weighted by molar-refractivity contribution is 7.79. The Labute approximate surface area is 83.5 Å². The minimum atomic E-state index is -4.67. The van der Waals surface area contributed by atoms with E-state index in [1.807, 2.05) is 0 Å². The van der Waals surface area contributed by atoms with E-state index in [9.17, 15) is 0 Å². The topological polar surface area (TPSA) is 119 Å². The molecule has 0 aliphatic carbocycles. The third-order valence-electron chi connectivity index (χ3n) is 1.55. The summed E-state index contributed by atoms with van der Waals surface area (Å²) in [5, 5.41) is 0. The number of hydrogen-bond acceptors (Lipinski definition) is 4. The molecule has 1 aliphatic rings. The average molecular weight is 231 g/mol. The molecule has 88 valence electrons. The Kier molecular flexibility index (Phi) is 9.36. The molecule has 0 aromatic rings. The van der Waals surface area contributed by atoms with Crippen LogP contribution in [-0.2, 0) is 15.1 Å². The minimum Gasteiger partial charge on any atom is -0.412 e. The van der Waals surface area contributed by atoms with Gasteiger partial charge in [0.2, 0.25) is 0 Å². The minimum absolute atomic E-state index is 0. The lowest BCUT2D eigenvalue weighted by Gasteiger charge is -2.24. The SMILES string of the molecule is CCN1CCOCC1.O.O=S(=O)(O)O. The largest absolute Gasteiger partial charge is 0.412 e. The van der Waals surface area contributed by atoms with Gasteiger partial charge >= 0.3 is 10.4 Å². The van der Waals surface area contributed by atoms with Crippen LogP contribution in [0.3, 0.4) is 0 Å². The van der Waals surface area contributed by atoms with Gasteiger partial charge in [-0.25, -0.2) is 0 Å². The van der Waals surface area contributed by atoms with Crippen LogP contribution >= 0.6 is 0 Å². The third-order valence-corrected chi connectivity index (χ3v) is 1.55. The van der Waals surface area contributed by atoms with Gasteiger partial charge in [-0.3, -0.25) is 14.0 Å². The van der Waals surface area contributed by atoms with Crippen LogP contribution in [-0.4, -0.2) is 60.7 Å². The first-order valence-corrected chi connectivity index (χ1v) is 5.33. The van der Waals surface area contributed by atoms with Gasteiger partial charge in [-0.05, 0) is 6.54 Å². The smallest absolute Gasteiger partial charge is 0.394 e. The van der Waals surface area contributed by atoms with E-state index in [4.69, 9.17) is 22.3 Å². The van der Waals surface area contributed by atoms with Gasteiger partial charge in [0.15, 0.2) is 0 Å². The lowest BCUT2D eigenvalue weighted by molar-refractivity contribution is 0.0405. The van der Waals surface area contributed by atoms with Crippen LogP contribution in [0, 0.1) is 0 Å². The molecule has 0 amide bonds. The number of hydrogen-bond donors (Lipinski definition) is 2. The van der Waals surface area contributed by atoms with Gasteiger partial charge in [0.05, 0.1) is 13.2 Å². The average Bonchev–Trinajstić information content (AvgIpc) is 2.03. The number of morpholine rings is 1. The standard InChI is InChI=1S/C6H13NO.H2O4S.H2O/c1-2-7-3-5-8-6-4-7;1-5(2,3)4;/h2-6H2,1H3;(H2,1,2,3,4);1H2. The second-order valence-corrected chi connectivity index (χ2v) is 3.39. The normalized spacial score (nSPS) is 17.6. The summed E-state index contributed by atoms with van der Waals surface area (Å²) in [6.07, 6.45) is 0. The van der Waals surface area contributed by atoms with E-state index in [-0.39, 0.29) is 5.48 Å². The van der Waals surface area contributed by atoms with Crippen molar-refractivity contribution in [2.45, 2.75) is 6.92 Å². The van der Waals surface area contributed by atoms with Crippen molar-refractivity contribution in [3.05, 3.63) is 0 Å². The fourth-order valence-corrected chi connectivity index (χ4v) is 0.917. The Morgan fingerprint density at radius 3 is 1.86 bits per heavy atom. The van der Waals surface area contributed by atoms with E-state index in [1.54, 1.807) is 0 Å². The fourth-order valence-electron chi connectivity index (χ4n) is 0.917. The molecular formula is C6H17NO6S. The second kappa shape index (κ2) is 8.09. The Hall–Kier alpha value is -0.250. The van der Waals surface area contributed by atoms with Crippen LogP contribution in [0.25, 0.3) is 0 Å². The molecule has 7 nitrogen and oxygen atoms in total. The maximum absolute atomic E-state index is 8.74. The monoisotopic (exact) mass is 231 g/mol. The van der Waals surface area contributed by atoms with E-state index in [2.05, 4.69) is 11.8 Å². The molecule has 0 spiro atoms. The zero-order chi connectivity index (χ0) is 10.3. The molecule has 0 saturated carbocycles. The molecule has 8 heteroatoms. The summed E-state index contributed by atoms with van der Waals surface area (Å²) in [6.45, 7) is 7.45. The van der Waals surface area contributed by atoms with Crippen LogP contribution in [0.1, 0.15) is 6.92 Å². The molecule has 1 saturated heterocycles. The molecule has 0 unspecified atom stereocenters. The van der Waals surface area contributed by atoms with Gasteiger partial charge in [-0.2, -0.15) is 8.42 Å². The lowest BCUT2D eigenvalue weighted by Crippen LogP contribution is -2.35. The van der Waals surface area contributed by atoms with E-state index >= 15 is 0 Å². The first-order valence-electron chi connectivity index (χ1n) is 3.93. The van der Waals surface area contributed by atoms with Crippen molar-refractivity contribution in [2.24, 2.45) is 0 Å². The molecule has 1 aliphatic heterocycles. The molecule has 14 heavy (non-hydrogen) atoms. The molecule has 1 heterocycles. The van der Waals surface area contributed by atoms with Crippen LogP contribution in [0.4, 0.5) is 0 Å². The van der Waals surface area contributed by atoms with Crippen molar-refractivity contribution in [3.8, 4) is 0 Å². The van der Waals surface area contributed by atoms with Gasteiger partial charge < -0.3 is 10.2 Å². The highest BCUT2D eigenvalue weighted by Gasteiger charge is 2.05. The van der Waals surface area contributed by atoms with E-state index < -0.39 is 10.4 Å². The van der Waals surface area contributed by atoms with E-state index in [0.29, 0.717) is 0 Å². The van der Waals surface area contributed by atoms with Crippen LogP contribution < -0.4 is 0 Å². The molecule has 0 aromatic heterocycles. The predicted octanol–water partition coefficient (Wildman–Crippen LogP) is -1.14. The first-order chi connectivity index (χ1) is 5.93. The molecule has 0 radical (unpaired) electrons. The van der Waals surface area contributed by atoms with Gasteiger partial charge in [0.1, 0.15) is 0 Å². The summed E-state index contributed by atoms with van der Waals surface area (Å²) in [5.41, 5.74) is 0. The Morgan fingerprint density at radius 1 is 1.29 bits per heavy atom. The van der Waals surface area contributed by atoms with Crippen molar-refractivity contribution in [1.82, 2.24) is 4.90 Å². The summed E-state index contributed by atoms with van der Waals surface area (Å²) in [4.78, 5) is 2.39. The maximum atomic E-state index is 8.74. The lowest BCUT2D eigenvalue weighted by atomic mass is 10.4. The molecule has 0 bridgehead atoms. The van der Waals surface area contributed by atoms with Gasteiger partial charge in [0, 0.05) is 13.1 Å². The van der Waals surface area contributed by atoms with Crippen molar-refractivity contribution in [3.63, 3.8) is 0 Å². The highest BCUT2D eigenvalue weighted by atomic mass is 32.3. The molecule has 1 rings (SSSR count). The van der Waals surface area contributed by atoms with Crippen LogP contribution in [0.2, 0.25) is 0 Å². The summed E-state index contributed by atoms with van der Waals surface area (Å²) < 4.78 is 36.7. The summed E-state index contributed by atoms with van der Waals surface area (Å²) in [5.74, 6) is 0. The quantitative estimate of drug-likeness (QED) is 0.551. The predicted molar refractivity (Wildman–Crippen MR) is 50.7 cm³/mol. The third kappa shape index (κ3) is 14.3. The first kappa shape index (κ1) is 16.2. The van der Waals surface area contributed by atoms with Gasteiger partial charge in [-0.1, -0.05) is 6.92 Å². The van der Waals surface area contributed by atoms with E-state index in [1.165, 1.54) is 6.54 Å². The molecule has 0 aromatic carbocycles. The van der Waals surface area contributed by atoms with Crippen molar-refractivity contribution < 1.29 is 27.7 Å².